The zero-order valence-electron chi connectivity index (χ0n) is 16.2. The van der Waals surface area contributed by atoms with E-state index in [9.17, 15) is 4.79 Å². The fourth-order valence-corrected chi connectivity index (χ4v) is 3.39. The number of morpholine rings is 1. The molecule has 0 saturated carbocycles. The zero-order valence-corrected chi connectivity index (χ0v) is 16.2. The van der Waals surface area contributed by atoms with Gasteiger partial charge < -0.3 is 10.1 Å². The molecule has 2 aromatic rings. The maximum Gasteiger partial charge on any atom is 0.242 e. The molecule has 1 heterocycles. The Labute approximate surface area is 161 Å². The van der Waals surface area contributed by atoms with Gasteiger partial charge in [-0.25, -0.2) is 0 Å². The third-order valence-corrected chi connectivity index (χ3v) is 4.88. The molecule has 1 amide bonds. The molecule has 1 N–H and O–H groups in total. The molecule has 3 rings (SSSR count). The van der Waals surface area contributed by atoms with E-state index in [0.717, 1.165) is 44.0 Å². The topological polar surface area (TPSA) is 44.8 Å². The number of amides is 1. The summed E-state index contributed by atoms with van der Waals surface area (Å²) in [6, 6.07) is 18.1. The van der Waals surface area contributed by atoms with E-state index in [2.05, 4.69) is 34.5 Å². The molecule has 1 aliphatic heterocycles. The van der Waals surface area contributed by atoms with Crippen LogP contribution in [0.3, 0.4) is 0 Å². The summed E-state index contributed by atoms with van der Waals surface area (Å²) in [7, 11) is 3.86. The molecule has 0 radical (unpaired) electrons. The summed E-state index contributed by atoms with van der Waals surface area (Å²) in [4.78, 5) is 17.1. The molecular formula is C22H29N3O2. The Morgan fingerprint density at radius 2 is 1.67 bits per heavy atom. The van der Waals surface area contributed by atoms with Crippen LogP contribution in [-0.2, 0) is 22.6 Å². The smallest absolute Gasteiger partial charge is 0.242 e. The summed E-state index contributed by atoms with van der Waals surface area (Å²) in [5.41, 5.74) is 3.41. The summed E-state index contributed by atoms with van der Waals surface area (Å²) in [5.74, 6) is 0.0172. The van der Waals surface area contributed by atoms with Crippen molar-refractivity contribution in [3.8, 4) is 0 Å². The van der Waals surface area contributed by atoms with E-state index in [-0.39, 0.29) is 11.9 Å². The van der Waals surface area contributed by atoms with Crippen molar-refractivity contribution in [1.82, 2.24) is 15.1 Å². The Balaban J connectivity index is 1.54. The van der Waals surface area contributed by atoms with Crippen molar-refractivity contribution in [3.05, 3.63) is 71.3 Å². The first kappa shape index (κ1) is 19.5. The van der Waals surface area contributed by atoms with Crippen LogP contribution in [0.2, 0.25) is 0 Å². The van der Waals surface area contributed by atoms with Crippen LogP contribution in [0.5, 0.6) is 0 Å². The number of carbonyl (C=O) groups excluding carboxylic acids is 1. The van der Waals surface area contributed by atoms with Crippen LogP contribution < -0.4 is 5.32 Å². The number of nitrogens with one attached hydrogen (secondary N) is 1. The maximum atomic E-state index is 12.7. The first-order valence-corrected chi connectivity index (χ1v) is 9.50. The highest BCUT2D eigenvalue weighted by Gasteiger charge is 2.22. The second-order valence-corrected chi connectivity index (χ2v) is 7.20. The van der Waals surface area contributed by atoms with E-state index in [4.69, 9.17) is 4.74 Å². The number of carbonyl (C=O) groups is 1. The minimum absolute atomic E-state index is 0.0172. The standard InChI is InChI=1S/C22H29N3O2/c1-24(2)21(20-6-4-3-5-7-20)22(26)23-16-18-8-10-19(11-9-18)17-25-12-14-27-15-13-25/h3-11,21H,12-17H2,1-2H3,(H,23,26). The molecule has 0 aromatic heterocycles. The van der Waals surface area contributed by atoms with Gasteiger partial charge in [-0.05, 0) is 30.8 Å². The fraction of sp³-hybridized carbons (Fsp3) is 0.409. The van der Waals surface area contributed by atoms with E-state index in [1.807, 2.05) is 49.3 Å². The number of nitrogens with zero attached hydrogens (tertiary/aromatic N) is 2. The summed E-state index contributed by atoms with van der Waals surface area (Å²) in [6.07, 6.45) is 0. The van der Waals surface area contributed by atoms with Crippen molar-refractivity contribution < 1.29 is 9.53 Å². The predicted octanol–water partition coefficient (Wildman–Crippen LogP) is 2.44. The Morgan fingerprint density at radius 1 is 1.04 bits per heavy atom. The van der Waals surface area contributed by atoms with Gasteiger partial charge in [0.2, 0.25) is 5.91 Å². The number of ether oxygens (including phenoxy) is 1. The number of rotatable bonds is 7. The third kappa shape index (κ3) is 5.63. The van der Waals surface area contributed by atoms with Crippen molar-refractivity contribution in [1.29, 1.82) is 0 Å². The number of likely N-dealkylation sites (N-methyl/N-ethyl adjacent to an activating group) is 1. The molecular weight excluding hydrogens is 338 g/mol. The normalized spacial score (nSPS) is 16.3. The van der Waals surface area contributed by atoms with Gasteiger partial charge in [-0.3, -0.25) is 14.6 Å². The fourth-order valence-electron chi connectivity index (χ4n) is 3.39. The van der Waals surface area contributed by atoms with Gasteiger partial charge >= 0.3 is 0 Å². The quantitative estimate of drug-likeness (QED) is 0.816. The van der Waals surface area contributed by atoms with E-state index < -0.39 is 0 Å². The van der Waals surface area contributed by atoms with Crippen molar-refractivity contribution in [3.63, 3.8) is 0 Å². The van der Waals surface area contributed by atoms with Crippen molar-refractivity contribution in [2.75, 3.05) is 40.4 Å². The predicted molar refractivity (Wildman–Crippen MR) is 107 cm³/mol. The molecule has 1 unspecified atom stereocenters. The van der Waals surface area contributed by atoms with Gasteiger partial charge in [0.05, 0.1) is 13.2 Å². The van der Waals surface area contributed by atoms with Crippen LogP contribution in [0.1, 0.15) is 22.7 Å². The molecule has 0 aliphatic carbocycles. The second-order valence-electron chi connectivity index (χ2n) is 7.20. The molecule has 5 nitrogen and oxygen atoms in total. The SMILES string of the molecule is CN(C)C(C(=O)NCc1ccc(CN2CCOCC2)cc1)c1ccccc1. The van der Waals surface area contributed by atoms with Crippen LogP contribution in [0.25, 0.3) is 0 Å². The molecule has 2 aromatic carbocycles. The highest BCUT2D eigenvalue weighted by atomic mass is 16.5. The lowest BCUT2D eigenvalue weighted by molar-refractivity contribution is -0.125. The van der Waals surface area contributed by atoms with Crippen LogP contribution in [0.15, 0.2) is 54.6 Å². The van der Waals surface area contributed by atoms with Gasteiger partial charge in [0.15, 0.2) is 0 Å². The first-order valence-electron chi connectivity index (χ1n) is 9.50. The summed E-state index contributed by atoms with van der Waals surface area (Å²) in [6.45, 7) is 5.10. The van der Waals surface area contributed by atoms with Gasteiger partial charge in [0.25, 0.3) is 0 Å². The third-order valence-electron chi connectivity index (χ3n) is 4.88. The Kier molecular flexibility index (Phi) is 6.98. The van der Waals surface area contributed by atoms with Gasteiger partial charge in [-0.2, -0.15) is 0 Å². The Morgan fingerprint density at radius 3 is 2.30 bits per heavy atom. The van der Waals surface area contributed by atoms with Crippen LogP contribution >= 0.6 is 0 Å². The van der Waals surface area contributed by atoms with Gasteiger partial charge in [-0.15, -0.1) is 0 Å². The van der Waals surface area contributed by atoms with E-state index in [1.54, 1.807) is 0 Å². The minimum Gasteiger partial charge on any atom is -0.379 e. The minimum atomic E-state index is -0.285. The Bertz CT molecular complexity index is 710. The number of benzene rings is 2. The van der Waals surface area contributed by atoms with Gasteiger partial charge in [-0.1, -0.05) is 54.6 Å². The summed E-state index contributed by atoms with van der Waals surface area (Å²) in [5, 5.41) is 3.07. The lowest BCUT2D eigenvalue weighted by atomic mass is 10.1. The Hall–Kier alpha value is -2.21. The number of hydrogen-bond donors (Lipinski definition) is 1. The van der Waals surface area contributed by atoms with E-state index >= 15 is 0 Å². The lowest BCUT2D eigenvalue weighted by Crippen LogP contribution is -2.36. The van der Waals surface area contributed by atoms with Gasteiger partial charge in [0, 0.05) is 26.2 Å². The lowest BCUT2D eigenvalue weighted by Gasteiger charge is -2.26. The first-order chi connectivity index (χ1) is 13.1. The molecule has 1 saturated heterocycles. The zero-order chi connectivity index (χ0) is 19.1. The number of hydrogen-bond acceptors (Lipinski definition) is 4. The summed E-state index contributed by atoms with van der Waals surface area (Å²) < 4.78 is 5.39. The van der Waals surface area contributed by atoms with Crippen LogP contribution in [-0.4, -0.2) is 56.1 Å². The van der Waals surface area contributed by atoms with Crippen LogP contribution in [0, 0.1) is 0 Å². The second kappa shape index (κ2) is 9.65. The van der Waals surface area contributed by atoms with Crippen molar-refractivity contribution in [2.24, 2.45) is 0 Å². The monoisotopic (exact) mass is 367 g/mol. The molecule has 5 heteroatoms. The van der Waals surface area contributed by atoms with Crippen LogP contribution in [0.4, 0.5) is 0 Å². The van der Waals surface area contributed by atoms with Crippen molar-refractivity contribution in [2.45, 2.75) is 19.1 Å². The molecule has 27 heavy (non-hydrogen) atoms. The molecule has 144 valence electrons. The highest BCUT2D eigenvalue weighted by molar-refractivity contribution is 5.83. The van der Waals surface area contributed by atoms with E-state index in [1.165, 1.54) is 5.56 Å². The highest BCUT2D eigenvalue weighted by Crippen LogP contribution is 2.18. The molecule has 1 aliphatic rings. The molecule has 0 bridgehead atoms. The average molecular weight is 367 g/mol. The maximum absolute atomic E-state index is 12.7. The molecule has 0 spiro atoms. The average Bonchev–Trinajstić information content (AvgIpc) is 2.69. The van der Waals surface area contributed by atoms with E-state index in [0.29, 0.717) is 6.54 Å². The van der Waals surface area contributed by atoms with Crippen molar-refractivity contribution >= 4 is 5.91 Å². The molecule has 1 fully saturated rings. The molecule has 1 atom stereocenters. The summed E-state index contributed by atoms with van der Waals surface area (Å²) >= 11 is 0. The van der Waals surface area contributed by atoms with Gasteiger partial charge in [0.1, 0.15) is 6.04 Å². The largest absolute Gasteiger partial charge is 0.379 e.